The van der Waals surface area contributed by atoms with Gasteiger partial charge in [-0.1, -0.05) is 25.1 Å². The van der Waals surface area contributed by atoms with Crippen LogP contribution in [0.5, 0.6) is 5.75 Å². The molecule has 1 fully saturated rings. The Bertz CT molecular complexity index is 1240. The predicted octanol–water partition coefficient (Wildman–Crippen LogP) is 4.13. The van der Waals surface area contributed by atoms with Crippen LogP contribution < -0.4 is 21.1 Å². The van der Waals surface area contributed by atoms with E-state index in [-0.39, 0.29) is 18.1 Å². The lowest BCUT2D eigenvalue weighted by Gasteiger charge is -2.33. The summed E-state index contributed by atoms with van der Waals surface area (Å²) in [6, 6.07) is 5.89. The minimum Gasteiger partial charge on any atom is -0.480 e. The molecule has 4 rings (SSSR count). The van der Waals surface area contributed by atoms with Gasteiger partial charge in [0.25, 0.3) is 0 Å². The van der Waals surface area contributed by atoms with Gasteiger partial charge in [0.05, 0.1) is 36.6 Å². The molecule has 0 bridgehead atoms. The number of benzene rings is 1. The number of hydrogen-bond acceptors (Lipinski definition) is 5. The number of halogens is 4. The molecule has 1 aliphatic heterocycles. The molecule has 1 saturated carbocycles. The summed E-state index contributed by atoms with van der Waals surface area (Å²) in [5, 5.41) is 5.64. The van der Waals surface area contributed by atoms with Crippen LogP contribution in [-0.2, 0) is 9.59 Å². The number of aliphatic imine (C=N–C) groups is 1. The van der Waals surface area contributed by atoms with Crippen molar-refractivity contribution in [1.82, 2.24) is 15.6 Å². The van der Waals surface area contributed by atoms with Gasteiger partial charge in [0.2, 0.25) is 11.8 Å². The van der Waals surface area contributed by atoms with Crippen molar-refractivity contribution < 1.29 is 31.9 Å². The number of nitrogens with zero attached hydrogens (tertiary/aromatic N) is 2. The largest absolute Gasteiger partial charge is 0.480 e. The van der Waals surface area contributed by atoms with Gasteiger partial charge in [0, 0.05) is 24.1 Å². The SMILES string of the molecule is CC[C@](C)(CC(=O)N[C@H](c1cncc(F)c1)[C@@H]1C[C@H]1C(=O)N[C@H]1C[C@H](C(F)(F)F)Oc2ccccc21)N=CN. The first kappa shape index (κ1) is 28.3. The minimum atomic E-state index is -4.60. The molecule has 12 heteroatoms. The fraction of sp³-hybridized carbons (Fsp3) is 0.481. The van der Waals surface area contributed by atoms with Crippen molar-refractivity contribution in [2.24, 2.45) is 22.6 Å². The topological polar surface area (TPSA) is 119 Å². The number of nitrogens with one attached hydrogen (secondary N) is 2. The number of pyridine rings is 1. The van der Waals surface area contributed by atoms with Gasteiger partial charge in [-0.2, -0.15) is 13.2 Å². The van der Waals surface area contributed by atoms with Crippen LogP contribution in [0.25, 0.3) is 0 Å². The average molecular weight is 550 g/mol. The van der Waals surface area contributed by atoms with E-state index in [0.717, 1.165) is 12.5 Å². The number of carbonyl (C=O) groups excluding carboxylic acids is 2. The van der Waals surface area contributed by atoms with Crippen LogP contribution in [0.4, 0.5) is 17.6 Å². The van der Waals surface area contributed by atoms with Crippen molar-refractivity contribution in [3.8, 4) is 5.75 Å². The standard InChI is InChI=1S/C27H31F4N5O3/c1-3-26(2,34-14-32)11-23(37)36-24(15-8-16(28)13-33-12-15)18-9-19(18)25(38)35-20-10-22(27(29,30)31)39-21-7-5-4-6-17(20)21/h4-8,12-14,18-20,22,24H,3,9-11H2,1-2H3,(H2,32,34)(H,35,38)(H,36,37)/t18-,19-,20+,22-,24-,26-/m1/s1. The highest BCUT2D eigenvalue weighted by atomic mass is 19.4. The van der Waals surface area contributed by atoms with Crippen molar-refractivity contribution in [3.63, 3.8) is 0 Å². The number of rotatable bonds is 9. The van der Waals surface area contributed by atoms with E-state index in [1.54, 1.807) is 25.1 Å². The molecule has 6 atom stereocenters. The summed E-state index contributed by atoms with van der Waals surface area (Å²) in [5.41, 5.74) is 5.54. The zero-order valence-electron chi connectivity index (χ0n) is 21.5. The van der Waals surface area contributed by atoms with Crippen molar-refractivity contribution in [2.45, 2.75) is 69.4 Å². The molecule has 1 aliphatic carbocycles. The zero-order valence-corrected chi connectivity index (χ0v) is 21.5. The van der Waals surface area contributed by atoms with Crippen molar-refractivity contribution in [2.75, 3.05) is 0 Å². The highest BCUT2D eigenvalue weighted by Crippen LogP contribution is 2.49. The maximum absolute atomic E-state index is 14.0. The normalized spacial score (nSPS) is 24.7. The van der Waals surface area contributed by atoms with Gasteiger partial charge >= 0.3 is 6.18 Å². The second-order valence-electron chi connectivity index (χ2n) is 10.3. The molecular formula is C27H31F4N5O3. The van der Waals surface area contributed by atoms with Crippen LogP contribution in [0.3, 0.4) is 0 Å². The van der Waals surface area contributed by atoms with Gasteiger partial charge in [0.1, 0.15) is 11.6 Å². The van der Waals surface area contributed by atoms with E-state index in [1.165, 1.54) is 18.3 Å². The Morgan fingerprint density at radius 3 is 2.67 bits per heavy atom. The number of nitrogens with two attached hydrogens (primary N) is 1. The van der Waals surface area contributed by atoms with Crippen LogP contribution in [0.1, 0.15) is 62.7 Å². The maximum atomic E-state index is 14.0. The van der Waals surface area contributed by atoms with E-state index in [0.29, 0.717) is 24.0 Å². The molecule has 39 heavy (non-hydrogen) atoms. The third kappa shape index (κ3) is 6.66. The molecule has 2 aliphatic rings. The van der Waals surface area contributed by atoms with E-state index in [4.69, 9.17) is 10.5 Å². The van der Waals surface area contributed by atoms with Crippen LogP contribution in [0.2, 0.25) is 0 Å². The highest BCUT2D eigenvalue weighted by Gasteiger charge is 2.51. The molecule has 1 aromatic heterocycles. The van der Waals surface area contributed by atoms with Gasteiger partial charge in [-0.3, -0.25) is 19.6 Å². The van der Waals surface area contributed by atoms with Crippen molar-refractivity contribution >= 4 is 18.2 Å². The van der Waals surface area contributed by atoms with E-state index in [2.05, 4.69) is 20.6 Å². The van der Waals surface area contributed by atoms with E-state index >= 15 is 0 Å². The number of carbonyl (C=O) groups is 2. The van der Waals surface area contributed by atoms with Gasteiger partial charge < -0.3 is 21.1 Å². The molecule has 4 N–H and O–H groups in total. The lowest BCUT2D eigenvalue weighted by Crippen LogP contribution is -2.43. The molecule has 8 nitrogen and oxygen atoms in total. The molecule has 0 radical (unpaired) electrons. The van der Waals surface area contributed by atoms with Crippen LogP contribution >= 0.6 is 0 Å². The molecule has 2 amide bonds. The zero-order chi connectivity index (χ0) is 28.4. The number of ether oxygens (including phenoxy) is 1. The van der Waals surface area contributed by atoms with Crippen molar-refractivity contribution in [3.05, 3.63) is 59.7 Å². The maximum Gasteiger partial charge on any atom is 0.425 e. The Labute approximate surface area is 223 Å². The van der Waals surface area contributed by atoms with E-state index in [1.807, 2.05) is 6.92 Å². The van der Waals surface area contributed by atoms with E-state index in [9.17, 15) is 27.2 Å². The third-order valence-electron chi connectivity index (χ3n) is 7.39. The van der Waals surface area contributed by atoms with E-state index < -0.39 is 59.9 Å². The second kappa shape index (κ2) is 11.2. The van der Waals surface area contributed by atoms with Crippen molar-refractivity contribution in [1.29, 1.82) is 0 Å². The van der Waals surface area contributed by atoms with Gasteiger partial charge in [-0.25, -0.2) is 4.39 Å². The molecule has 210 valence electrons. The van der Waals surface area contributed by atoms with Gasteiger partial charge in [0.15, 0.2) is 6.10 Å². The average Bonchev–Trinajstić information content (AvgIpc) is 3.67. The number of hydrogen-bond donors (Lipinski definition) is 3. The first-order chi connectivity index (χ1) is 18.4. The first-order valence-electron chi connectivity index (χ1n) is 12.7. The summed E-state index contributed by atoms with van der Waals surface area (Å²) in [6.45, 7) is 3.65. The molecule has 2 aromatic rings. The number of aromatic nitrogens is 1. The summed E-state index contributed by atoms with van der Waals surface area (Å²) < 4.78 is 59.6. The fourth-order valence-corrected chi connectivity index (χ4v) is 4.97. The first-order valence-corrected chi connectivity index (χ1v) is 12.7. The lowest BCUT2D eigenvalue weighted by molar-refractivity contribution is -0.201. The molecule has 0 saturated heterocycles. The number of fused-ring (bicyclic) bond motifs is 1. The minimum absolute atomic E-state index is 0.0116. The van der Waals surface area contributed by atoms with Crippen LogP contribution in [0.15, 0.2) is 47.7 Å². The van der Waals surface area contributed by atoms with Crippen LogP contribution in [0, 0.1) is 17.7 Å². The van der Waals surface area contributed by atoms with Crippen LogP contribution in [-0.4, -0.2) is 41.0 Å². The molecule has 2 heterocycles. The molecular weight excluding hydrogens is 518 g/mol. The number of para-hydroxylation sites is 1. The predicted molar refractivity (Wildman–Crippen MR) is 135 cm³/mol. The second-order valence-corrected chi connectivity index (χ2v) is 10.3. The molecule has 0 spiro atoms. The summed E-state index contributed by atoms with van der Waals surface area (Å²) >= 11 is 0. The number of amides is 2. The van der Waals surface area contributed by atoms with Gasteiger partial charge in [-0.15, -0.1) is 0 Å². The summed E-state index contributed by atoms with van der Waals surface area (Å²) in [5.74, 6) is -2.35. The Hall–Kier alpha value is -3.70. The molecule has 1 aromatic carbocycles. The smallest absolute Gasteiger partial charge is 0.425 e. The summed E-state index contributed by atoms with van der Waals surface area (Å²) in [7, 11) is 0. The summed E-state index contributed by atoms with van der Waals surface area (Å²) in [6.07, 6.45) is -2.62. The summed E-state index contributed by atoms with van der Waals surface area (Å²) in [4.78, 5) is 34.3. The Balaban J connectivity index is 1.50. The Kier molecular flexibility index (Phi) is 8.12. The lowest BCUT2D eigenvalue weighted by atomic mass is 9.94. The molecule has 0 unspecified atom stereocenters. The van der Waals surface area contributed by atoms with Gasteiger partial charge in [-0.05, 0) is 43.4 Å². The Morgan fingerprint density at radius 1 is 1.26 bits per heavy atom. The fourth-order valence-electron chi connectivity index (χ4n) is 4.97. The number of alkyl halides is 3. The third-order valence-corrected chi connectivity index (χ3v) is 7.39. The Morgan fingerprint density at radius 2 is 2.00 bits per heavy atom. The highest BCUT2D eigenvalue weighted by molar-refractivity contribution is 5.83. The monoisotopic (exact) mass is 549 g/mol. The quantitative estimate of drug-likeness (QED) is 0.247.